The van der Waals surface area contributed by atoms with Crippen LogP contribution in [0.1, 0.15) is 50.4 Å². The SMILES string of the molecule is Cc1cc(C(CCCC(C)C)NN)nc2ccccc12. The van der Waals surface area contributed by atoms with Gasteiger partial charge in [-0.15, -0.1) is 0 Å². The first kappa shape index (κ1) is 14.9. The summed E-state index contributed by atoms with van der Waals surface area (Å²) in [6.07, 6.45) is 3.42. The Morgan fingerprint density at radius 3 is 2.65 bits per heavy atom. The molecule has 0 aliphatic heterocycles. The predicted molar refractivity (Wildman–Crippen MR) is 85.2 cm³/mol. The summed E-state index contributed by atoms with van der Waals surface area (Å²) in [5.41, 5.74) is 6.28. The van der Waals surface area contributed by atoms with Crippen molar-refractivity contribution in [3.8, 4) is 0 Å². The lowest BCUT2D eigenvalue weighted by Crippen LogP contribution is -2.28. The lowest BCUT2D eigenvalue weighted by molar-refractivity contribution is 0.449. The van der Waals surface area contributed by atoms with E-state index in [0.717, 1.165) is 23.5 Å². The van der Waals surface area contributed by atoms with Crippen LogP contribution in [-0.4, -0.2) is 4.98 Å². The second-order valence-electron chi connectivity index (χ2n) is 5.93. The van der Waals surface area contributed by atoms with E-state index in [1.807, 2.05) is 6.07 Å². The zero-order valence-electron chi connectivity index (χ0n) is 12.7. The molecule has 0 saturated heterocycles. The number of benzene rings is 1. The third-order valence-corrected chi connectivity index (χ3v) is 3.78. The van der Waals surface area contributed by atoms with Gasteiger partial charge in [0, 0.05) is 5.39 Å². The highest BCUT2D eigenvalue weighted by atomic mass is 15.2. The summed E-state index contributed by atoms with van der Waals surface area (Å²) in [5, 5.41) is 1.22. The van der Waals surface area contributed by atoms with Crippen molar-refractivity contribution in [1.29, 1.82) is 0 Å². The van der Waals surface area contributed by atoms with Gasteiger partial charge in [-0.3, -0.25) is 16.3 Å². The first-order chi connectivity index (χ1) is 9.61. The number of aromatic nitrogens is 1. The summed E-state index contributed by atoms with van der Waals surface area (Å²) in [4.78, 5) is 4.76. The highest BCUT2D eigenvalue weighted by Crippen LogP contribution is 2.24. The smallest absolute Gasteiger partial charge is 0.0708 e. The third-order valence-electron chi connectivity index (χ3n) is 3.78. The monoisotopic (exact) mass is 271 g/mol. The van der Waals surface area contributed by atoms with Crippen LogP contribution in [-0.2, 0) is 0 Å². The van der Waals surface area contributed by atoms with Gasteiger partial charge in [0.25, 0.3) is 0 Å². The Balaban J connectivity index is 2.21. The Morgan fingerprint density at radius 1 is 1.20 bits per heavy atom. The van der Waals surface area contributed by atoms with Gasteiger partial charge in [0.1, 0.15) is 0 Å². The van der Waals surface area contributed by atoms with Crippen molar-refractivity contribution in [2.45, 2.75) is 46.1 Å². The quantitative estimate of drug-likeness (QED) is 0.619. The molecule has 2 rings (SSSR count). The van der Waals surface area contributed by atoms with Crippen LogP contribution in [0.3, 0.4) is 0 Å². The number of nitrogens with two attached hydrogens (primary N) is 1. The summed E-state index contributed by atoms with van der Waals surface area (Å²) in [7, 11) is 0. The minimum atomic E-state index is 0.136. The van der Waals surface area contributed by atoms with E-state index in [0.29, 0.717) is 0 Å². The molecule has 1 aromatic carbocycles. The molecule has 0 radical (unpaired) electrons. The maximum atomic E-state index is 5.73. The number of pyridine rings is 1. The molecule has 3 nitrogen and oxygen atoms in total. The van der Waals surface area contributed by atoms with Crippen molar-refractivity contribution in [2.75, 3.05) is 0 Å². The van der Waals surface area contributed by atoms with Crippen molar-refractivity contribution >= 4 is 10.9 Å². The van der Waals surface area contributed by atoms with Gasteiger partial charge in [-0.2, -0.15) is 0 Å². The number of hydrazine groups is 1. The van der Waals surface area contributed by atoms with Gasteiger partial charge in [0.15, 0.2) is 0 Å². The topological polar surface area (TPSA) is 50.9 Å². The number of rotatable bonds is 6. The highest BCUT2D eigenvalue weighted by molar-refractivity contribution is 5.82. The van der Waals surface area contributed by atoms with Crippen molar-refractivity contribution in [1.82, 2.24) is 10.4 Å². The largest absolute Gasteiger partial charge is 0.271 e. The minimum absolute atomic E-state index is 0.136. The van der Waals surface area contributed by atoms with Crippen LogP contribution in [0, 0.1) is 12.8 Å². The summed E-state index contributed by atoms with van der Waals surface area (Å²) >= 11 is 0. The maximum Gasteiger partial charge on any atom is 0.0708 e. The van der Waals surface area contributed by atoms with Crippen molar-refractivity contribution in [3.05, 3.63) is 41.6 Å². The summed E-state index contributed by atoms with van der Waals surface area (Å²) in [6, 6.07) is 10.6. The molecule has 0 aliphatic rings. The van der Waals surface area contributed by atoms with E-state index in [1.165, 1.54) is 23.8 Å². The zero-order valence-corrected chi connectivity index (χ0v) is 12.7. The Labute approximate surface area is 121 Å². The van der Waals surface area contributed by atoms with Crippen LogP contribution in [0.4, 0.5) is 0 Å². The maximum absolute atomic E-state index is 5.73. The third kappa shape index (κ3) is 3.56. The number of hydrogen-bond acceptors (Lipinski definition) is 3. The summed E-state index contributed by atoms with van der Waals surface area (Å²) in [5.74, 6) is 6.46. The molecular formula is C17H25N3. The molecule has 108 valence electrons. The van der Waals surface area contributed by atoms with E-state index in [1.54, 1.807) is 0 Å². The zero-order chi connectivity index (χ0) is 14.5. The molecule has 0 fully saturated rings. The number of nitrogens with one attached hydrogen (secondary N) is 1. The van der Waals surface area contributed by atoms with Crippen LogP contribution in [0.25, 0.3) is 10.9 Å². The Bertz CT molecular complexity index is 563. The van der Waals surface area contributed by atoms with Gasteiger partial charge < -0.3 is 0 Å². The molecule has 1 unspecified atom stereocenters. The highest BCUT2D eigenvalue weighted by Gasteiger charge is 2.13. The van der Waals surface area contributed by atoms with Crippen LogP contribution in [0.5, 0.6) is 0 Å². The fraction of sp³-hybridized carbons (Fsp3) is 0.471. The van der Waals surface area contributed by atoms with E-state index in [2.05, 4.69) is 50.5 Å². The van der Waals surface area contributed by atoms with E-state index in [-0.39, 0.29) is 6.04 Å². The Hall–Kier alpha value is -1.45. The van der Waals surface area contributed by atoms with Crippen molar-refractivity contribution < 1.29 is 0 Å². The second kappa shape index (κ2) is 6.82. The molecule has 0 amide bonds. The van der Waals surface area contributed by atoms with Crippen molar-refractivity contribution in [2.24, 2.45) is 11.8 Å². The number of nitrogens with zero attached hydrogens (tertiary/aromatic N) is 1. The molecule has 1 aromatic heterocycles. The lowest BCUT2D eigenvalue weighted by Gasteiger charge is -2.17. The summed E-state index contributed by atoms with van der Waals surface area (Å²) < 4.78 is 0. The van der Waals surface area contributed by atoms with Crippen molar-refractivity contribution in [3.63, 3.8) is 0 Å². The number of fused-ring (bicyclic) bond motifs is 1. The van der Waals surface area contributed by atoms with Crippen LogP contribution >= 0.6 is 0 Å². The van der Waals surface area contributed by atoms with E-state index < -0.39 is 0 Å². The minimum Gasteiger partial charge on any atom is -0.271 e. The standard InChI is InChI=1S/C17H25N3/c1-12(2)7-6-10-16(20-18)17-11-13(3)14-8-4-5-9-15(14)19-17/h4-5,8-9,11-12,16,20H,6-7,10,18H2,1-3H3. The first-order valence-electron chi connectivity index (χ1n) is 7.44. The van der Waals surface area contributed by atoms with Gasteiger partial charge in [-0.05, 0) is 37.0 Å². The lowest BCUT2D eigenvalue weighted by atomic mass is 9.99. The number of para-hydroxylation sites is 1. The molecule has 3 heteroatoms. The van der Waals surface area contributed by atoms with Gasteiger partial charge >= 0.3 is 0 Å². The van der Waals surface area contributed by atoms with Gasteiger partial charge in [0.05, 0.1) is 17.3 Å². The molecule has 0 aliphatic carbocycles. The van der Waals surface area contributed by atoms with E-state index in [9.17, 15) is 0 Å². The first-order valence-corrected chi connectivity index (χ1v) is 7.44. The second-order valence-corrected chi connectivity index (χ2v) is 5.93. The Morgan fingerprint density at radius 2 is 1.95 bits per heavy atom. The van der Waals surface area contributed by atoms with Crippen LogP contribution in [0.2, 0.25) is 0 Å². The fourth-order valence-corrected chi connectivity index (χ4v) is 2.60. The molecule has 0 spiro atoms. The van der Waals surface area contributed by atoms with Gasteiger partial charge in [-0.1, -0.05) is 44.9 Å². The van der Waals surface area contributed by atoms with E-state index >= 15 is 0 Å². The average Bonchev–Trinajstić information content (AvgIpc) is 2.43. The fourth-order valence-electron chi connectivity index (χ4n) is 2.60. The molecule has 20 heavy (non-hydrogen) atoms. The molecule has 2 aromatic rings. The van der Waals surface area contributed by atoms with Gasteiger partial charge in [0.2, 0.25) is 0 Å². The van der Waals surface area contributed by atoms with Crippen LogP contribution < -0.4 is 11.3 Å². The molecule has 1 atom stereocenters. The number of aryl methyl sites for hydroxylation is 1. The molecule has 3 N–H and O–H groups in total. The van der Waals surface area contributed by atoms with E-state index in [4.69, 9.17) is 10.8 Å². The molecule has 0 saturated carbocycles. The van der Waals surface area contributed by atoms with Gasteiger partial charge in [-0.25, -0.2) is 0 Å². The normalized spacial score (nSPS) is 13.1. The van der Waals surface area contributed by atoms with Crippen LogP contribution in [0.15, 0.2) is 30.3 Å². The molecule has 1 heterocycles. The average molecular weight is 271 g/mol. The molecule has 0 bridgehead atoms. The Kier molecular flexibility index (Phi) is 5.10. The number of hydrogen-bond donors (Lipinski definition) is 2. The predicted octanol–water partition coefficient (Wildman–Crippen LogP) is 3.87. The molecular weight excluding hydrogens is 246 g/mol. The summed E-state index contributed by atoms with van der Waals surface area (Å²) in [6.45, 7) is 6.64.